The number of rotatable bonds is 6. The Morgan fingerprint density at radius 2 is 2.20 bits per heavy atom. The molecule has 0 fully saturated rings. The van der Waals surface area contributed by atoms with Gasteiger partial charge in [0.1, 0.15) is 6.04 Å². The Kier molecular flexibility index (Phi) is 6.81. The highest BCUT2D eigenvalue weighted by atomic mass is 16.4. The molecule has 5 nitrogen and oxygen atoms in total. The van der Waals surface area contributed by atoms with Crippen LogP contribution in [0.3, 0.4) is 0 Å². The zero-order valence-corrected chi connectivity index (χ0v) is 8.75. The van der Waals surface area contributed by atoms with E-state index in [1.807, 2.05) is 6.92 Å². The van der Waals surface area contributed by atoms with Crippen LogP contribution in [0.1, 0.15) is 26.2 Å². The standard InChI is InChI=1S/C10H16N2O3/c1-3-5-6-8(9(13)14)12-10(15)11-7-4-2/h2,8H,3,5-7H2,1H3,(H,13,14)(H2,11,12,15). The van der Waals surface area contributed by atoms with Crippen molar-refractivity contribution in [3.05, 3.63) is 0 Å². The second-order valence-electron chi connectivity index (χ2n) is 3.06. The van der Waals surface area contributed by atoms with Crippen molar-refractivity contribution < 1.29 is 14.7 Å². The Bertz CT molecular complexity index is 258. The summed E-state index contributed by atoms with van der Waals surface area (Å²) in [7, 11) is 0. The number of carboxylic acid groups (broad SMARTS) is 1. The second-order valence-corrected chi connectivity index (χ2v) is 3.06. The topological polar surface area (TPSA) is 78.4 Å². The van der Waals surface area contributed by atoms with Gasteiger partial charge < -0.3 is 15.7 Å². The molecule has 5 heteroatoms. The van der Waals surface area contributed by atoms with Crippen molar-refractivity contribution in [2.75, 3.05) is 6.54 Å². The number of unbranched alkanes of at least 4 members (excludes halogenated alkanes) is 1. The maximum Gasteiger partial charge on any atom is 0.326 e. The quantitative estimate of drug-likeness (QED) is 0.563. The van der Waals surface area contributed by atoms with E-state index in [0.29, 0.717) is 6.42 Å². The maximum atomic E-state index is 11.1. The molecule has 0 bridgehead atoms. The first kappa shape index (κ1) is 13.3. The van der Waals surface area contributed by atoms with Gasteiger partial charge in [0.25, 0.3) is 0 Å². The van der Waals surface area contributed by atoms with Crippen LogP contribution in [0.25, 0.3) is 0 Å². The van der Waals surface area contributed by atoms with Gasteiger partial charge in [-0.1, -0.05) is 25.7 Å². The SMILES string of the molecule is C#CCNC(=O)NC(CCCC)C(=O)O. The first-order valence-electron chi connectivity index (χ1n) is 4.82. The summed E-state index contributed by atoms with van der Waals surface area (Å²) < 4.78 is 0. The van der Waals surface area contributed by atoms with Gasteiger partial charge in [-0.3, -0.25) is 0 Å². The third kappa shape index (κ3) is 6.38. The molecule has 0 spiro atoms. The van der Waals surface area contributed by atoms with E-state index < -0.39 is 18.0 Å². The highest BCUT2D eigenvalue weighted by molar-refractivity contribution is 5.82. The molecule has 2 amide bonds. The lowest BCUT2D eigenvalue weighted by Gasteiger charge is -2.13. The van der Waals surface area contributed by atoms with Crippen molar-refractivity contribution in [1.29, 1.82) is 0 Å². The van der Waals surface area contributed by atoms with Crippen LogP contribution in [0.2, 0.25) is 0 Å². The predicted octanol–water partition coefficient (Wildman–Crippen LogP) is 0.562. The molecular weight excluding hydrogens is 196 g/mol. The van der Waals surface area contributed by atoms with Gasteiger partial charge in [-0.2, -0.15) is 0 Å². The molecule has 0 radical (unpaired) electrons. The molecule has 0 aromatic carbocycles. The maximum absolute atomic E-state index is 11.1. The molecular formula is C10H16N2O3. The summed E-state index contributed by atoms with van der Waals surface area (Å²) >= 11 is 0. The Morgan fingerprint density at radius 3 is 2.67 bits per heavy atom. The van der Waals surface area contributed by atoms with Crippen LogP contribution in [0.15, 0.2) is 0 Å². The number of aliphatic carboxylic acids is 1. The lowest BCUT2D eigenvalue weighted by atomic mass is 10.1. The first-order chi connectivity index (χ1) is 7.11. The largest absolute Gasteiger partial charge is 0.480 e. The van der Waals surface area contributed by atoms with E-state index in [1.165, 1.54) is 0 Å². The zero-order valence-electron chi connectivity index (χ0n) is 8.75. The van der Waals surface area contributed by atoms with E-state index >= 15 is 0 Å². The van der Waals surface area contributed by atoms with Crippen molar-refractivity contribution >= 4 is 12.0 Å². The number of carbonyl (C=O) groups excluding carboxylic acids is 1. The first-order valence-corrected chi connectivity index (χ1v) is 4.82. The van der Waals surface area contributed by atoms with Crippen molar-refractivity contribution in [2.24, 2.45) is 0 Å². The smallest absolute Gasteiger partial charge is 0.326 e. The van der Waals surface area contributed by atoms with Crippen LogP contribution in [0.4, 0.5) is 4.79 Å². The molecule has 84 valence electrons. The van der Waals surface area contributed by atoms with E-state index in [9.17, 15) is 9.59 Å². The number of carbonyl (C=O) groups is 2. The van der Waals surface area contributed by atoms with Crippen LogP contribution in [0.5, 0.6) is 0 Å². The van der Waals surface area contributed by atoms with Gasteiger partial charge in [0.05, 0.1) is 6.54 Å². The van der Waals surface area contributed by atoms with E-state index in [0.717, 1.165) is 12.8 Å². The number of nitrogens with one attached hydrogen (secondary N) is 2. The van der Waals surface area contributed by atoms with Gasteiger partial charge in [0.2, 0.25) is 0 Å². The fourth-order valence-electron chi connectivity index (χ4n) is 1.01. The third-order valence-electron chi connectivity index (χ3n) is 1.80. The van der Waals surface area contributed by atoms with E-state index in [4.69, 9.17) is 11.5 Å². The minimum absolute atomic E-state index is 0.0892. The zero-order chi connectivity index (χ0) is 11.7. The third-order valence-corrected chi connectivity index (χ3v) is 1.80. The van der Waals surface area contributed by atoms with Crippen molar-refractivity contribution in [2.45, 2.75) is 32.2 Å². The number of amides is 2. The number of hydrogen-bond donors (Lipinski definition) is 3. The van der Waals surface area contributed by atoms with Gasteiger partial charge >= 0.3 is 12.0 Å². The van der Waals surface area contributed by atoms with Gasteiger partial charge in [-0.25, -0.2) is 9.59 Å². The minimum atomic E-state index is -1.03. The lowest BCUT2D eigenvalue weighted by molar-refractivity contribution is -0.139. The van der Waals surface area contributed by atoms with Crippen LogP contribution < -0.4 is 10.6 Å². The molecule has 0 aromatic rings. The fraction of sp³-hybridized carbons (Fsp3) is 0.600. The van der Waals surface area contributed by atoms with Crippen molar-refractivity contribution in [3.8, 4) is 12.3 Å². The average Bonchev–Trinajstić information content (AvgIpc) is 2.20. The van der Waals surface area contributed by atoms with Crippen LogP contribution >= 0.6 is 0 Å². The van der Waals surface area contributed by atoms with Gasteiger partial charge in [0.15, 0.2) is 0 Å². The monoisotopic (exact) mass is 212 g/mol. The highest BCUT2D eigenvalue weighted by Crippen LogP contribution is 2.00. The second kappa shape index (κ2) is 7.68. The Balaban J connectivity index is 3.99. The van der Waals surface area contributed by atoms with Crippen molar-refractivity contribution in [1.82, 2.24) is 10.6 Å². The Morgan fingerprint density at radius 1 is 1.53 bits per heavy atom. The van der Waals surface area contributed by atoms with Crippen LogP contribution in [0, 0.1) is 12.3 Å². The van der Waals surface area contributed by atoms with Gasteiger partial charge in [0, 0.05) is 0 Å². The van der Waals surface area contributed by atoms with Crippen LogP contribution in [-0.4, -0.2) is 29.7 Å². The normalized spacial score (nSPS) is 11.2. The molecule has 0 aliphatic rings. The number of hydrogen-bond acceptors (Lipinski definition) is 2. The molecule has 3 N–H and O–H groups in total. The average molecular weight is 212 g/mol. The van der Waals surface area contributed by atoms with Gasteiger partial charge in [-0.15, -0.1) is 6.42 Å². The summed E-state index contributed by atoms with van der Waals surface area (Å²) in [5.74, 6) is 1.20. The summed E-state index contributed by atoms with van der Waals surface area (Å²) in [6.45, 7) is 2.04. The summed E-state index contributed by atoms with van der Waals surface area (Å²) in [6, 6.07) is -1.39. The molecule has 0 aliphatic heterocycles. The minimum Gasteiger partial charge on any atom is -0.480 e. The molecule has 0 saturated carbocycles. The Labute approximate surface area is 89.2 Å². The number of urea groups is 1. The number of carboxylic acids is 1. The molecule has 1 unspecified atom stereocenters. The highest BCUT2D eigenvalue weighted by Gasteiger charge is 2.18. The van der Waals surface area contributed by atoms with Gasteiger partial charge in [-0.05, 0) is 6.42 Å². The van der Waals surface area contributed by atoms with Crippen molar-refractivity contribution in [3.63, 3.8) is 0 Å². The van der Waals surface area contributed by atoms with E-state index in [-0.39, 0.29) is 6.54 Å². The Hall–Kier alpha value is -1.70. The molecule has 0 heterocycles. The summed E-state index contributed by atoms with van der Waals surface area (Å²) in [4.78, 5) is 21.8. The van der Waals surface area contributed by atoms with E-state index in [2.05, 4.69) is 16.6 Å². The number of terminal acetylenes is 1. The van der Waals surface area contributed by atoms with E-state index in [1.54, 1.807) is 0 Å². The summed E-state index contributed by atoms with van der Waals surface area (Å²) in [5, 5.41) is 13.5. The molecule has 0 saturated heterocycles. The fourth-order valence-corrected chi connectivity index (χ4v) is 1.01. The molecule has 0 rings (SSSR count). The predicted molar refractivity (Wildman–Crippen MR) is 56.3 cm³/mol. The lowest BCUT2D eigenvalue weighted by Crippen LogP contribution is -2.46. The summed E-state index contributed by atoms with van der Waals surface area (Å²) in [6.07, 6.45) is 7.01. The molecule has 0 aliphatic carbocycles. The molecule has 0 aromatic heterocycles. The summed E-state index contributed by atoms with van der Waals surface area (Å²) in [5.41, 5.74) is 0. The van der Waals surface area contributed by atoms with Crippen LogP contribution in [-0.2, 0) is 4.79 Å². The molecule has 1 atom stereocenters. The molecule has 15 heavy (non-hydrogen) atoms.